The molecule has 0 nitrogen and oxygen atoms in total. The van der Waals surface area contributed by atoms with Gasteiger partial charge in [0.25, 0.3) is 0 Å². The molecule has 2 rings (SSSR count). The molecule has 0 heterocycles. The minimum absolute atomic E-state index is 0.547. The zero-order valence-electron chi connectivity index (χ0n) is 6.93. The molecule has 2 aromatic carbocycles. The molecular weight excluding hydrogens is 247 g/mol. The molecule has 0 saturated carbocycles. The van der Waals surface area contributed by atoms with E-state index in [1.807, 2.05) is 12.1 Å². The zero-order valence-corrected chi connectivity index (χ0v) is 9.27. The molecule has 0 bridgehead atoms. The predicted molar refractivity (Wildman–Crippen MR) is 61.2 cm³/mol. The quantitative estimate of drug-likeness (QED) is 0.665. The maximum absolute atomic E-state index is 5.80. The molecule has 0 aliphatic carbocycles. The second kappa shape index (κ2) is 3.69. The van der Waals surface area contributed by atoms with Crippen LogP contribution in [0.1, 0.15) is 5.56 Å². The van der Waals surface area contributed by atoms with Crippen LogP contribution in [0.2, 0.25) is 0 Å². The van der Waals surface area contributed by atoms with Gasteiger partial charge >= 0.3 is 0 Å². The third kappa shape index (κ3) is 1.72. The predicted octanol–water partition coefficient (Wildman–Crippen LogP) is 4.34. The van der Waals surface area contributed by atoms with Gasteiger partial charge in [-0.15, -0.1) is 11.6 Å². The summed E-state index contributed by atoms with van der Waals surface area (Å²) in [4.78, 5) is 0. The highest BCUT2D eigenvalue weighted by molar-refractivity contribution is 9.10. The topological polar surface area (TPSA) is 0 Å². The smallest absolute Gasteiger partial charge is 0.0485 e. The summed E-state index contributed by atoms with van der Waals surface area (Å²) in [6.07, 6.45) is 0. The maximum Gasteiger partial charge on any atom is 0.0485 e. The molecule has 0 aliphatic heterocycles. The Kier molecular flexibility index (Phi) is 2.56. The van der Waals surface area contributed by atoms with E-state index in [1.165, 1.54) is 10.8 Å². The van der Waals surface area contributed by atoms with Gasteiger partial charge in [-0.1, -0.05) is 40.2 Å². The van der Waals surface area contributed by atoms with Crippen LogP contribution in [0, 0.1) is 0 Å². The number of alkyl halides is 1. The van der Waals surface area contributed by atoms with E-state index in [-0.39, 0.29) is 0 Å². The fourth-order valence-corrected chi connectivity index (χ4v) is 2.25. The highest BCUT2D eigenvalue weighted by atomic mass is 79.9. The van der Waals surface area contributed by atoms with E-state index in [1.54, 1.807) is 0 Å². The van der Waals surface area contributed by atoms with Crippen molar-refractivity contribution < 1.29 is 0 Å². The molecule has 0 N–H and O–H groups in total. The third-order valence-corrected chi connectivity index (χ3v) is 3.08. The van der Waals surface area contributed by atoms with E-state index in [4.69, 9.17) is 11.6 Å². The van der Waals surface area contributed by atoms with Crippen molar-refractivity contribution in [1.29, 1.82) is 0 Å². The molecule has 2 heteroatoms. The first-order chi connectivity index (χ1) is 6.31. The molecule has 0 aromatic heterocycles. The Bertz CT molecular complexity index is 437. The lowest BCUT2D eigenvalue weighted by Crippen LogP contribution is -1.81. The molecule has 0 saturated heterocycles. The van der Waals surface area contributed by atoms with Crippen molar-refractivity contribution in [3.63, 3.8) is 0 Å². The fourth-order valence-electron chi connectivity index (χ4n) is 1.36. The average Bonchev–Trinajstić information content (AvgIpc) is 2.17. The Labute approximate surface area is 90.6 Å². The van der Waals surface area contributed by atoms with Crippen LogP contribution in [0.5, 0.6) is 0 Å². The summed E-state index contributed by atoms with van der Waals surface area (Å²) >= 11 is 9.30. The Balaban J connectivity index is 2.74. The van der Waals surface area contributed by atoms with Gasteiger partial charge in [-0.05, 0) is 28.5 Å². The second-order valence-electron chi connectivity index (χ2n) is 2.92. The number of hydrogen-bond donors (Lipinski definition) is 0. The SMILES string of the molecule is ClCc1cc2ccccc2cc1Br. The number of fused-ring (bicyclic) bond motifs is 1. The minimum Gasteiger partial charge on any atom is -0.122 e. The molecule has 0 fully saturated rings. The largest absolute Gasteiger partial charge is 0.122 e. The van der Waals surface area contributed by atoms with Gasteiger partial charge in [0, 0.05) is 10.4 Å². The van der Waals surface area contributed by atoms with Crippen molar-refractivity contribution >= 4 is 38.3 Å². The van der Waals surface area contributed by atoms with E-state index < -0.39 is 0 Å². The minimum atomic E-state index is 0.547. The summed E-state index contributed by atoms with van der Waals surface area (Å²) in [6, 6.07) is 12.5. The van der Waals surface area contributed by atoms with Crippen LogP contribution in [-0.2, 0) is 5.88 Å². The number of rotatable bonds is 1. The van der Waals surface area contributed by atoms with Crippen LogP contribution in [0.15, 0.2) is 40.9 Å². The summed E-state index contributed by atoms with van der Waals surface area (Å²) in [6.45, 7) is 0. The lowest BCUT2D eigenvalue weighted by atomic mass is 10.1. The van der Waals surface area contributed by atoms with Gasteiger partial charge in [0.15, 0.2) is 0 Å². The van der Waals surface area contributed by atoms with Gasteiger partial charge < -0.3 is 0 Å². The molecule has 2 aromatic rings. The Morgan fingerprint density at radius 2 is 1.69 bits per heavy atom. The van der Waals surface area contributed by atoms with E-state index in [2.05, 4.69) is 40.2 Å². The van der Waals surface area contributed by atoms with Crippen molar-refractivity contribution in [2.24, 2.45) is 0 Å². The van der Waals surface area contributed by atoms with E-state index in [0.717, 1.165) is 10.0 Å². The first-order valence-electron chi connectivity index (χ1n) is 4.04. The van der Waals surface area contributed by atoms with Crippen LogP contribution in [0.4, 0.5) is 0 Å². The molecule has 0 unspecified atom stereocenters. The van der Waals surface area contributed by atoms with Crippen LogP contribution in [0.3, 0.4) is 0 Å². The van der Waals surface area contributed by atoms with E-state index in [0.29, 0.717) is 5.88 Å². The van der Waals surface area contributed by atoms with Crippen molar-refractivity contribution in [3.8, 4) is 0 Å². The standard InChI is InChI=1S/C11H8BrCl/c12-11-6-9-4-2-1-3-8(9)5-10(11)7-13/h1-6H,7H2. The van der Waals surface area contributed by atoms with Gasteiger partial charge in [-0.25, -0.2) is 0 Å². The summed E-state index contributed by atoms with van der Waals surface area (Å²) in [5, 5.41) is 2.48. The van der Waals surface area contributed by atoms with Crippen LogP contribution in [0.25, 0.3) is 10.8 Å². The lowest BCUT2D eigenvalue weighted by molar-refractivity contribution is 1.39. The first kappa shape index (κ1) is 9.04. The molecule has 0 aliphatic rings. The van der Waals surface area contributed by atoms with Crippen molar-refractivity contribution in [2.45, 2.75) is 5.88 Å². The molecule has 0 atom stereocenters. The highest BCUT2D eigenvalue weighted by Crippen LogP contribution is 2.25. The maximum atomic E-state index is 5.80. The Hall–Kier alpha value is -0.530. The van der Waals surface area contributed by atoms with Crippen molar-refractivity contribution in [3.05, 3.63) is 46.4 Å². The van der Waals surface area contributed by atoms with Gasteiger partial charge in [-0.2, -0.15) is 0 Å². The first-order valence-corrected chi connectivity index (χ1v) is 5.37. The summed E-state index contributed by atoms with van der Waals surface area (Å²) in [5.41, 5.74) is 1.14. The summed E-state index contributed by atoms with van der Waals surface area (Å²) in [7, 11) is 0. The normalized spacial score (nSPS) is 10.6. The number of hydrogen-bond acceptors (Lipinski definition) is 0. The van der Waals surface area contributed by atoms with Crippen molar-refractivity contribution in [1.82, 2.24) is 0 Å². The van der Waals surface area contributed by atoms with Gasteiger partial charge in [0.05, 0.1) is 0 Å². The van der Waals surface area contributed by atoms with E-state index >= 15 is 0 Å². The summed E-state index contributed by atoms with van der Waals surface area (Å²) < 4.78 is 1.08. The monoisotopic (exact) mass is 254 g/mol. The average molecular weight is 256 g/mol. The fraction of sp³-hybridized carbons (Fsp3) is 0.0909. The second-order valence-corrected chi connectivity index (χ2v) is 4.05. The Morgan fingerprint density at radius 1 is 1.08 bits per heavy atom. The molecule has 66 valence electrons. The summed E-state index contributed by atoms with van der Waals surface area (Å²) in [5.74, 6) is 0.547. The Morgan fingerprint density at radius 3 is 2.31 bits per heavy atom. The lowest BCUT2D eigenvalue weighted by Gasteiger charge is -2.03. The van der Waals surface area contributed by atoms with Crippen LogP contribution in [-0.4, -0.2) is 0 Å². The molecule has 0 amide bonds. The highest BCUT2D eigenvalue weighted by Gasteiger charge is 2.00. The van der Waals surface area contributed by atoms with Crippen molar-refractivity contribution in [2.75, 3.05) is 0 Å². The zero-order chi connectivity index (χ0) is 9.26. The third-order valence-electron chi connectivity index (χ3n) is 2.06. The molecule has 0 radical (unpaired) electrons. The van der Waals surface area contributed by atoms with Gasteiger partial charge in [0.2, 0.25) is 0 Å². The number of benzene rings is 2. The van der Waals surface area contributed by atoms with Crippen LogP contribution >= 0.6 is 27.5 Å². The molecule has 13 heavy (non-hydrogen) atoms. The van der Waals surface area contributed by atoms with E-state index in [9.17, 15) is 0 Å². The molecule has 0 spiro atoms. The molecular formula is C11H8BrCl. The van der Waals surface area contributed by atoms with Gasteiger partial charge in [0.1, 0.15) is 0 Å². The van der Waals surface area contributed by atoms with Gasteiger partial charge in [-0.3, -0.25) is 0 Å². The number of halogens is 2. The van der Waals surface area contributed by atoms with Crippen LogP contribution < -0.4 is 0 Å².